The monoisotopic (exact) mass is 370 g/mol. The molecule has 1 atom stereocenters. The quantitative estimate of drug-likeness (QED) is 0.737. The third-order valence-corrected chi connectivity index (χ3v) is 4.49. The lowest BCUT2D eigenvalue weighted by Crippen LogP contribution is -2.38. The molecule has 7 heteroatoms. The van der Waals surface area contributed by atoms with Crippen LogP contribution < -0.4 is 5.32 Å². The molecule has 0 bridgehead atoms. The Morgan fingerprint density at radius 2 is 1.96 bits per heavy atom. The van der Waals surface area contributed by atoms with Gasteiger partial charge >= 0.3 is 6.03 Å². The zero-order valence-corrected chi connectivity index (χ0v) is 15.1. The maximum absolute atomic E-state index is 13.9. The Morgan fingerprint density at radius 1 is 1.22 bits per heavy atom. The molecule has 1 N–H and O–H groups in total. The molecule has 0 saturated heterocycles. The molecule has 3 rings (SSSR count). The van der Waals surface area contributed by atoms with Crippen LogP contribution in [0.2, 0.25) is 0 Å². The molecule has 1 unspecified atom stereocenters. The normalized spacial score (nSPS) is 11.9. The number of urea groups is 1. The summed E-state index contributed by atoms with van der Waals surface area (Å²) in [6.07, 6.45) is 5.25. The average molecular weight is 370 g/mol. The van der Waals surface area contributed by atoms with Gasteiger partial charge in [-0.25, -0.2) is 18.6 Å². The van der Waals surface area contributed by atoms with Gasteiger partial charge in [-0.1, -0.05) is 12.1 Å². The summed E-state index contributed by atoms with van der Waals surface area (Å²) < 4.78 is 29.2. The topological polar surface area (TPSA) is 50.2 Å². The highest BCUT2D eigenvalue weighted by Crippen LogP contribution is 2.22. The lowest BCUT2D eigenvalue weighted by molar-refractivity contribution is 0.193. The summed E-state index contributed by atoms with van der Waals surface area (Å²) in [5.41, 5.74) is 2.03. The molecule has 0 spiro atoms. The van der Waals surface area contributed by atoms with Crippen molar-refractivity contribution in [2.24, 2.45) is 0 Å². The number of carbonyl (C=O) groups is 1. The van der Waals surface area contributed by atoms with Crippen LogP contribution in [0.4, 0.5) is 13.6 Å². The number of nitrogens with one attached hydrogen (secondary N) is 1. The predicted molar refractivity (Wildman–Crippen MR) is 98.3 cm³/mol. The minimum Gasteiger partial charge on any atom is -0.334 e. The van der Waals surface area contributed by atoms with Crippen LogP contribution in [0.3, 0.4) is 0 Å². The smallest absolute Gasteiger partial charge is 0.317 e. The number of halogens is 2. The highest BCUT2D eigenvalue weighted by Gasteiger charge is 2.20. The first-order chi connectivity index (χ1) is 13.0. The molecule has 3 aromatic rings. The van der Waals surface area contributed by atoms with Crippen molar-refractivity contribution in [2.75, 3.05) is 7.05 Å². The lowest BCUT2D eigenvalue weighted by Gasteiger charge is -2.26. The summed E-state index contributed by atoms with van der Waals surface area (Å²) in [6, 6.07) is 9.92. The fraction of sp³-hybridized carbons (Fsp3) is 0.200. The minimum absolute atomic E-state index is 0.136. The second-order valence-corrected chi connectivity index (χ2v) is 6.25. The summed E-state index contributed by atoms with van der Waals surface area (Å²) >= 11 is 0. The van der Waals surface area contributed by atoms with Crippen molar-refractivity contribution in [3.63, 3.8) is 0 Å². The van der Waals surface area contributed by atoms with Gasteiger partial charge in [-0.15, -0.1) is 0 Å². The molecule has 0 fully saturated rings. The van der Waals surface area contributed by atoms with Crippen LogP contribution >= 0.6 is 0 Å². The van der Waals surface area contributed by atoms with Gasteiger partial charge in [0, 0.05) is 37.2 Å². The van der Waals surface area contributed by atoms with E-state index in [4.69, 9.17) is 0 Å². The van der Waals surface area contributed by atoms with Crippen LogP contribution in [0.5, 0.6) is 0 Å². The van der Waals surface area contributed by atoms with Gasteiger partial charge in [0.1, 0.15) is 11.6 Å². The number of hydrogen-bond donors (Lipinski definition) is 1. The molecule has 0 radical (unpaired) electrons. The second-order valence-electron chi connectivity index (χ2n) is 6.25. The fourth-order valence-electron chi connectivity index (χ4n) is 2.72. The molecule has 1 heterocycles. The Hall–Kier alpha value is -3.22. The zero-order chi connectivity index (χ0) is 19.4. The van der Waals surface area contributed by atoms with E-state index in [0.717, 1.165) is 29.4 Å². The van der Waals surface area contributed by atoms with E-state index in [2.05, 4.69) is 10.3 Å². The van der Waals surface area contributed by atoms with E-state index >= 15 is 0 Å². The minimum atomic E-state index is -0.607. The predicted octanol–water partition coefficient (Wildman–Crippen LogP) is 4.05. The Labute approximate surface area is 156 Å². The van der Waals surface area contributed by atoms with Crippen LogP contribution in [0.1, 0.15) is 24.1 Å². The molecule has 2 aromatic carbocycles. The molecule has 140 valence electrons. The van der Waals surface area contributed by atoms with Gasteiger partial charge < -0.3 is 14.8 Å². The number of aromatic nitrogens is 2. The molecular formula is C20H20F2N4O. The van der Waals surface area contributed by atoms with Gasteiger partial charge in [-0.05, 0) is 42.8 Å². The molecular weight excluding hydrogens is 350 g/mol. The first kappa shape index (κ1) is 18.6. The second kappa shape index (κ2) is 7.99. The summed E-state index contributed by atoms with van der Waals surface area (Å²) in [4.78, 5) is 17.7. The molecule has 0 saturated carbocycles. The number of hydrogen-bond acceptors (Lipinski definition) is 2. The first-order valence-corrected chi connectivity index (χ1v) is 8.48. The highest BCUT2D eigenvalue weighted by molar-refractivity contribution is 5.74. The van der Waals surface area contributed by atoms with Crippen molar-refractivity contribution in [1.82, 2.24) is 19.8 Å². The Morgan fingerprint density at radius 3 is 2.63 bits per heavy atom. The summed E-state index contributed by atoms with van der Waals surface area (Å²) in [6.45, 7) is 1.98. The van der Waals surface area contributed by atoms with Gasteiger partial charge in [0.15, 0.2) is 0 Å². The molecule has 0 aliphatic carbocycles. The largest absolute Gasteiger partial charge is 0.334 e. The summed E-state index contributed by atoms with van der Waals surface area (Å²) in [5.74, 6) is -1.08. The van der Waals surface area contributed by atoms with Crippen molar-refractivity contribution < 1.29 is 13.6 Å². The van der Waals surface area contributed by atoms with Gasteiger partial charge in [-0.3, -0.25) is 0 Å². The van der Waals surface area contributed by atoms with Crippen molar-refractivity contribution in [2.45, 2.75) is 19.5 Å². The Bertz CT molecular complexity index is 910. The van der Waals surface area contributed by atoms with Crippen LogP contribution in [0, 0.1) is 11.6 Å². The van der Waals surface area contributed by atoms with Crippen molar-refractivity contribution in [3.8, 4) is 5.69 Å². The highest BCUT2D eigenvalue weighted by atomic mass is 19.1. The van der Waals surface area contributed by atoms with Crippen molar-refractivity contribution in [1.29, 1.82) is 0 Å². The maximum Gasteiger partial charge on any atom is 0.317 e. The SMILES string of the molecule is CC(c1cc(F)ccc1F)N(C)C(=O)NCc1ccc(-n2ccnc2)cc1. The Kier molecular flexibility index (Phi) is 5.49. The summed E-state index contributed by atoms with van der Waals surface area (Å²) in [5, 5.41) is 2.79. The third kappa shape index (κ3) is 4.31. The first-order valence-electron chi connectivity index (χ1n) is 8.48. The van der Waals surface area contributed by atoms with E-state index in [9.17, 15) is 13.6 Å². The molecule has 2 amide bonds. The molecule has 5 nitrogen and oxygen atoms in total. The van der Waals surface area contributed by atoms with Crippen LogP contribution in [0.25, 0.3) is 5.69 Å². The lowest BCUT2D eigenvalue weighted by atomic mass is 10.1. The number of nitrogens with zero attached hydrogens (tertiary/aromatic N) is 3. The average Bonchev–Trinajstić information content (AvgIpc) is 3.22. The molecule has 1 aromatic heterocycles. The standard InChI is InChI=1S/C20H20F2N4O/c1-14(18-11-16(21)5-8-19(18)22)25(2)20(27)24-12-15-3-6-17(7-4-15)26-10-9-23-13-26/h3-11,13-14H,12H2,1-2H3,(H,24,27). The van der Waals surface area contributed by atoms with Gasteiger partial charge in [0.25, 0.3) is 0 Å². The van der Waals surface area contributed by atoms with E-state index in [-0.39, 0.29) is 11.6 Å². The van der Waals surface area contributed by atoms with E-state index in [1.54, 1.807) is 26.5 Å². The van der Waals surface area contributed by atoms with Gasteiger partial charge in [-0.2, -0.15) is 0 Å². The molecule has 0 aliphatic heterocycles. The summed E-state index contributed by atoms with van der Waals surface area (Å²) in [7, 11) is 1.55. The Balaban J connectivity index is 1.60. The van der Waals surface area contributed by atoms with Gasteiger partial charge in [0.2, 0.25) is 0 Å². The van der Waals surface area contributed by atoms with E-state index in [0.29, 0.717) is 6.54 Å². The van der Waals surface area contributed by atoms with Crippen molar-refractivity contribution >= 4 is 6.03 Å². The van der Waals surface area contributed by atoms with Gasteiger partial charge in [0.05, 0.1) is 12.4 Å². The third-order valence-electron chi connectivity index (χ3n) is 4.49. The molecule has 27 heavy (non-hydrogen) atoms. The van der Waals surface area contributed by atoms with Crippen LogP contribution in [0.15, 0.2) is 61.2 Å². The van der Waals surface area contributed by atoms with Crippen LogP contribution in [-0.4, -0.2) is 27.5 Å². The van der Waals surface area contributed by atoms with E-state index in [1.807, 2.05) is 35.0 Å². The number of carbonyl (C=O) groups excluding carboxylic acids is 1. The molecule has 0 aliphatic rings. The van der Waals surface area contributed by atoms with E-state index < -0.39 is 17.7 Å². The number of benzene rings is 2. The van der Waals surface area contributed by atoms with Crippen molar-refractivity contribution in [3.05, 3.63) is 83.9 Å². The van der Waals surface area contributed by atoms with E-state index in [1.165, 1.54) is 4.90 Å². The number of rotatable bonds is 5. The number of amides is 2. The van der Waals surface area contributed by atoms with Crippen LogP contribution in [-0.2, 0) is 6.54 Å². The fourth-order valence-corrected chi connectivity index (χ4v) is 2.72. The zero-order valence-electron chi connectivity index (χ0n) is 15.1. The number of imidazole rings is 1. The maximum atomic E-state index is 13.9.